The molecule has 0 aromatic heterocycles. The molecule has 2 bridgehead atoms. The van der Waals surface area contributed by atoms with Gasteiger partial charge in [0, 0.05) is 5.92 Å². The van der Waals surface area contributed by atoms with Crippen molar-refractivity contribution in [2.75, 3.05) is 6.61 Å². The second kappa shape index (κ2) is 4.83. The number of fused-ring (bicyclic) bond motifs is 3. The van der Waals surface area contributed by atoms with E-state index >= 15 is 0 Å². The molecule has 4 aliphatic carbocycles. The van der Waals surface area contributed by atoms with E-state index < -0.39 is 35.7 Å². The number of Topliss-reactive ketones (excluding diaryl/α,β-unsaturated/α-hetero) is 1. The summed E-state index contributed by atoms with van der Waals surface area (Å²) in [6, 6.07) is 0. The summed E-state index contributed by atoms with van der Waals surface area (Å²) in [6.07, 6.45) is 1.34. The maximum absolute atomic E-state index is 13.7. The highest BCUT2D eigenvalue weighted by Gasteiger charge is 2.75. The molecule has 0 radical (unpaired) electrons. The van der Waals surface area contributed by atoms with Gasteiger partial charge >= 0.3 is 0 Å². The number of aliphatic hydroxyl groups is 4. The van der Waals surface area contributed by atoms with Crippen LogP contribution in [0, 0.1) is 34.5 Å². The van der Waals surface area contributed by atoms with Gasteiger partial charge in [-0.15, -0.1) is 0 Å². The lowest BCUT2D eigenvalue weighted by Crippen LogP contribution is -2.65. The van der Waals surface area contributed by atoms with Crippen LogP contribution in [0.1, 0.15) is 34.1 Å². The number of carbonyl (C=O) groups excluding carboxylic acids is 1. The SMILES string of the molecule is CC1=C[C@]23C(=O)[C@@H](C=C(CO)[C@H](O)[C@]2(O)[C@H]1O)C1C(C[C@H]3C)C1(C)C. The van der Waals surface area contributed by atoms with E-state index in [1.54, 1.807) is 19.1 Å². The van der Waals surface area contributed by atoms with Crippen molar-refractivity contribution in [1.29, 1.82) is 0 Å². The standard InChI is InChI=1S/C20H28O5/c1-9-7-19-10(2)5-13-14(18(13,3)4)12(17(19)24)6-11(8-21)16(23)20(19,25)15(9)22/h6-7,10,12-16,21-23,25H,5,8H2,1-4H3/t10-,12+,13?,14?,15+,16+,19+,20-/m1/s1. The highest BCUT2D eigenvalue weighted by atomic mass is 16.4. The van der Waals surface area contributed by atoms with Gasteiger partial charge in [0.1, 0.15) is 17.8 Å². The summed E-state index contributed by atoms with van der Waals surface area (Å²) in [6.45, 7) is 7.50. The summed E-state index contributed by atoms with van der Waals surface area (Å²) in [4.78, 5) is 13.7. The molecule has 0 aliphatic heterocycles. The zero-order valence-corrected chi connectivity index (χ0v) is 15.2. The predicted molar refractivity (Wildman–Crippen MR) is 91.4 cm³/mol. The van der Waals surface area contributed by atoms with E-state index in [1.807, 2.05) is 6.92 Å². The van der Waals surface area contributed by atoms with Gasteiger partial charge in [-0.1, -0.05) is 32.9 Å². The molecule has 2 unspecified atom stereocenters. The summed E-state index contributed by atoms with van der Waals surface area (Å²) in [7, 11) is 0. The molecule has 1 spiro atoms. The van der Waals surface area contributed by atoms with E-state index in [9.17, 15) is 25.2 Å². The largest absolute Gasteiger partial charge is 0.392 e. The number of hydrogen-bond donors (Lipinski definition) is 4. The van der Waals surface area contributed by atoms with Crippen LogP contribution < -0.4 is 0 Å². The fourth-order valence-corrected chi connectivity index (χ4v) is 6.43. The van der Waals surface area contributed by atoms with Crippen LogP contribution in [0.5, 0.6) is 0 Å². The molecule has 0 aromatic rings. The Hall–Kier alpha value is -1.01. The van der Waals surface area contributed by atoms with E-state index in [0.717, 1.165) is 6.42 Å². The van der Waals surface area contributed by atoms with Gasteiger partial charge in [0.25, 0.3) is 0 Å². The van der Waals surface area contributed by atoms with Crippen LogP contribution in [0.15, 0.2) is 23.3 Å². The third kappa shape index (κ3) is 1.71. The average Bonchev–Trinajstić information content (AvgIpc) is 3.05. The van der Waals surface area contributed by atoms with Crippen LogP contribution in [-0.4, -0.2) is 50.6 Å². The first-order chi connectivity index (χ1) is 11.5. The summed E-state index contributed by atoms with van der Waals surface area (Å²) in [5.74, 6) is -0.288. The second-order valence-corrected chi connectivity index (χ2v) is 9.27. The van der Waals surface area contributed by atoms with Gasteiger partial charge in [0.15, 0.2) is 5.78 Å². The van der Waals surface area contributed by atoms with E-state index in [-0.39, 0.29) is 28.6 Å². The third-order valence-corrected chi connectivity index (χ3v) is 7.93. The van der Waals surface area contributed by atoms with Crippen molar-refractivity contribution in [2.45, 2.75) is 51.9 Å². The van der Waals surface area contributed by atoms with Crippen molar-refractivity contribution in [3.05, 3.63) is 23.3 Å². The number of allylic oxidation sites excluding steroid dienone is 1. The number of carbonyl (C=O) groups is 1. The fraction of sp³-hybridized carbons (Fsp3) is 0.750. The summed E-state index contributed by atoms with van der Waals surface area (Å²) < 4.78 is 0. The van der Waals surface area contributed by atoms with Crippen LogP contribution in [-0.2, 0) is 4.79 Å². The second-order valence-electron chi connectivity index (χ2n) is 9.27. The van der Waals surface area contributed by atoms with Gasteiger partial charge < -0.3 is 20.4 Å². The molecule has 25 heavy (non-hydrogen) atoms. The van der Waals surface area contributed by atoms with Crippen LogP contribution in [0.3, 0.4) is 0 Å². The van der Waals surface area contributed by atoms with Crippen LogP contribution in [0.25, 0.3) is 0 Å². The smallest absolute Gasteiger partial charge is 0.153 e. The van der Waals surface area contributed by atoms with Crippen LogP contribution in [0.4, 0.5) is 0 Å². The van der Waals surface area contributed by atoms with Crippen molar-refractivity contribution in [1.82, 2.24) is 0 Å². The molecule has 5 nitrogen and oxygen atoms in total. The first-order valence-electron chi connectivity index (χ1n) is 9.18. The maximum Gasteiger partial charge on any atom is 0.153 e. The summed E-state index contributed by atoms with van der Waals surface area (Å²) in [5, 5.41) is 43.0. The molecule has 0 aromatic carbocycles. The minimum Gasteiger partial charge on any atom is -0.392 e. The molecular formula is C20H28O5. The number of aliphatic hydroxyl groups excluding tert-OH is 3. The quantitative estimate of drug-likeness (QED) is 0.526. The lowest BCUT2D eigenvalue weighted by molar-refractivity contribution is -0.190. The third-order valence-electron chi connectivity index (χ3n) is 7.93. The first-order valence-corrected chi connectivity index (χ1v) is 9.18. The van der Waals surface area contributed by atoms with E-state index in [0.29, 0.717) is 11.5 Å². The molecule has 138 valence electrons. The molecule has 4 rings (SSSR count). The lowest BCUT2D eigenvalue weighted by Gasteiger charge is -2.48. The van der Waals surface area contributed by atoms with Crippen molar-refractivity contribution >= 4 is 5.78 Å². The Morgan fingerprint density at radius 1 is 1.24 bits per heavy atom. The van der Waals surface area contributed by atoms with Gasteiger partial charge in [-0.25, -0.2) is 0 Å². The van der Waals surface area contributed by atoms with Gasteiger partial charge in [-0.3, -0.25) is 4.79 Å². The Kier molecular flexibility index (Phi) is 3.36. The molecular weight excluding hydrogens is 320 g/mol. The molecule has 0 saturated heterocycles. The Bertz CT molecular complexity index is 707. The van der Waals surface area contributed by atoms with Crippen molar-refractivity contribution in [2.24, 2.45) is 34.5 Å². The highest BCUT2D eigenvalue weighted by Crippen LogP contribution is 2.71. The normalized spacial score (nSPS) is 53.2. The molecule has 4 aliphatic rings. The fourth-order valence-electron chi connectivity index (χ4n) is 6.43. The van der Waals surface area contributed by atoms with Gasteiger partial charge in [0.05, 0.1) is 12.0 Å². The minimum atomic E-state index is -2.03. The number of ketones is 1. The van der Waals surface area contributed by atoms with Crippen molar-refractivity contribution < 1.29 is 25.2 Å². The Labute approximate surface area is 148 Å². The molecule has 8 atom stereocenters. The van der Waals surface area contributed by atoms with E-state index in [2.05, 4.69) is 13.8 Å². The predicted octanol–water partition coefficient (Wildman–Crippen LogP) is 0.815. The molecule has 5 heteroatoms. The van der Waals surface area contributed by atoms with Gasteiger partial charge in [-0.2, -0.15) is 0 Å². The number of rotatable bonds is 1. The molecule has 2 saturated carbocycles. The molecule has 2 fully saturated rings. The molecule has 0 heterocycles. The topological polar surface area (TPSA) is 98.0 Å². The Balaban J connectivity index is 1.99. The van der Waals surface area contributed by atoms with Crippen LogP contribution >= 0.6 is 0 Å². The zero-order chi connectivity index (χ0) is 18.5. The average molecular weight is 348 g/mol. The van der Waals surface area contributed by atoms with E-state index in [1.165, 1.54) is 0 Å². The first kappa shape index (κ1) is 17.4. The summed E-state index contributed by atoms with van der Waals surface area (Å²) >= 11 is 0. The molecule has 0 amide bonds. The Morgan fingerprint density at radius 3 is 2.48 bits per heavy atom. The zero-order valence-electron chi connectivity index (χ0n) is 15.2. The monoisotopic (exact) mass is 348 g/mol. The lowest BCUT2D eigenvalue weighted by atomic mass is 9.59. The Morgan fingerprint density at radius 2 is 1.88 bits per heavy atom. The minimum absolute atomic E-state index is 0.0245. The van der Waals surface area contributed by atoms with Gasteiger partial charge in [0.2, 0.25) is 0 Å². The maximum atomic E-state index is 13.7. The van der Waals surface area contributed by atoms with Gasteiger partial charge in [-0.05, 0) is 47.7 Å². The number of hydrogen-bond acceptors (Lipinski definition) is 5. The van der Waals surface area contributed by atoms with E-state index in [4.69, 9.17) is 0 Å². The van der Waals surface area contributed by atoms with Crippen molar-refractivity contribution in [3.8, 4) is 0 Å². The molecule has 4 N–H and O–H groups in total. The highest BCUT2D eigenvalue weighted by molar-refractivity contribution is 5.95. The van der Waals surface area contributed by atoms with Crippen LogP contribution in [0.2, 0.25) is 0 Å². The van der Waals surface area contributed by atoms with Crippen molar-refractivity contribution in [3.63, 3.8) is 0 Å². The summed E-state index contributed by atoms with van der Waals surface area (Å²) in [5.41, 5.74) is -2.58.